The molecule has 12 heavy (non-hydrogen) atoms. The zero-order valence-electron chi connectivity index (χ0n) is 8.38. The fraction of sp³-hybridized carbons (Fsp3) is 1.00. The second kappa shape index (κ2) is 4.34. The van der Waals surface area contributed by atoms with E-state index in [0.717, 1.165) is 0 Å². The smallest absolute Gasteiger partial charge is 0.396 e. The summed E-state index contributed by atoms with van der Waals surface area (Å²) in [6, 6.07) is 0. The van der Waals surface area contributed by atoms with Gasteiger partial charge in [0.1, 0.15) is 0 Å². The Morgan fingerprint density at radius 3 is 1.50 bits per heavy atom. The van der Waals surface area contributed by atoms with Crippen LogP contribution in [0.3, 0.4) is 0 Å². The van der Waals surface area contributed by atoms with Gasteiger partial charge in [-0.1, -0.05) is 13.8 Å². The topological polar surface area (TPSA) is 47.9 Å². The van der Waals surface area contributed by atoms with Gasteiger partial charge in [-0.3, -0.25) is 0 Å². The number of aliphatic hydroxyl groups is 1. The van der Waals surface area contributed by atoms with E-state index in [9.17, 15) is 0 Å². The van der Waals surface area contributed by atoms with Crippen molar-refractivity contribution in [2.45, 2.75) is 18.9 Å². The van der Waals surface area contributed by atoms with Crippen molar-refractivity contribution in [1.29, 1.82) is 0 Å². The molecule has 0 aromatic carbocycles. The van der Waals surface area contributed by atoms with Gasteiger partial charge in [0.2, 0.25) is 0 Å². The van der Waals surface area contributed by atoms with Crippen LogP contribution in [0.5, 0.6) is 0 Å². The van der Waals surface area contributed by atoms with E-state index in [1.807, 2.05) is 13.8 Å². The molecule has 0 radical (unpaired) electrons. The minimum atomic E-state index is -2.70. The van der Waals surface area contributed by atoms with Crippen LogP contribution in [0.25, 0.3) is 0 Å². The summed E-state index contributed by atoms with van der Waals surface area (Å²) in [5, 5.41) is 8.65. The molecule has 4 nitrogen and oxygen atoms in total. The zero-order valence-corrected chi connectivity index (χ0v) is 9.38. The Labute approximate surface area is 74.8 Å². The Hall–Kier alpha value is 0.0569. The first-order chi connectivity index (χ1) is 5.49. The predicted octanol–water partition coefficient (Wildman–Crippen LogP) is 0.637. The molecule has 74 valence electrons. The molecule has 1 N–H and O–H groups in total. The van der Waals surface area contributed by atoms with Gasteiger partial charge in [0.25, 0.3) is 0 Å². The maximum Gasteiger partial charge on any atom is 0.508 e. The molecule has 0 atom stereocenters. The summed E-state index contributed by atoms with van der Waals surface area (Å²) >= 11 is 0. The molecule has 0 heterocycles. The molecule has 0 unspecified atom stereocenters. The Morgan fingerprint density at radius 1 is 1.08 bits per heavy atom. The molecule has 0 fully saturated rings. The first-order valence-corrected chi connectivity index (χ1v) is 5.48. The average molecular weight is 194 g/mol. The quantitative estimate of drug-likeness (QED) is 0.652. The van der Waals surface area contributed by atoms with Crippen molar-refractivity contribution in [2.75, 3.05) is 27.9 Å². The van der Waals surface area contributed by atoms with Gasteiger partial charge in [0.05, 0.1) is 11.6 Å². The molecule has 0 amide bonds. The normalized spacial score (nSPS) is 13.5. The van der Waals surface area contributed by atoms with Crippen molar-refractivity contribution in [3.63, 3.8) is 0 Å². The van der Waals surface area contributed by atoms with Crippen LogP contribution in [-0.4, -0.2) is 41.8 Å². The maximum atomic E-state index is 9.12. The summed E-state index contributed by atoms with van der Waals surface area (Å²) in [6.45, 7) is 3.69. The molecule has 0 aromatic heterocycles. The summed E-state index contributed by atoms with van der Waals surface area (Å²) in [4.78, 5) is 0. The van der Waals surface area contributed by atoms with E-state index in [0.29, 0.717) is 0 Å². The number of hydrogen-bond acceptors (Lipinski definition) is 4. The van der Waals surface area contributed by atoms with Crippen LogP contribution < -0.4 is 0 Å². The predicted molar refractivity (Wildman–Crippen MR) is 47.9 cm³/mol. The van der Waals surface area contributed by atoms with Gasteiger partial charge in [-0.05, 0) is 0 Å². The van der Waals surface area contributed by atoms with E-state index in [1.54, 1.807) is 0 Å². The Bertz CT molecular complexity index is 125. The van der Waals surface area contributed by atoms with E-state index in [2.05, 4.69) is 0 Å². The van der Waals surface area contributed by atoms with Gasteiger partial charge >= 0.3 is 8.80 Å². The lowest BCUT2D eigenvalue weighted by Crippen LogP contribution is -2.53. The lowest BCUT2D eigenvalue weighted by atomic mass is 10.2. The van der Waals surface area contributed by atoms with E-state index < -0.39 is 13.8 Å². The van der Waals surface area contributed by atoms with E-state index >= 15 is 0 Å². The molecule has 0 bridgehead atoms. The van der Waals surface area contributed by atoms with Crippen molar-refractivity contribution in [2.24, 2.45) is 0 Å². The highest BCUT2D eigenvalue weighted by Gasteiger charge is 2.53. The second-order valence-electron chi connectivity index (χ2n) is 3.21. The molecule has 0 aliphatic carbocycles. The third-order valence-electron chi connectivity index (χ3n) is 2.03. The molecule has 0 saturated heterocycles. The van der Waals surface area contributed by atoms with Gasteiger partial charge in [-0.25, -0.2) is 0 Å². The van der Waals surface area contributed by atoms with Crippen molar-refractivity contribution < 1.29 is 18.4 Å². The molecule has 5 heteroatoms. The highest BCUT2D eigenvalue weighted by molar-refractivity contribution is 6.64. The zero-order chi connectivity index (χ0) is 9.83. The van der Waals surface area contributed by atoms with Crippen LogP contribution in [0, 0.1) is 0 Å². The second-order valence-corrected chi connectivity index (χ2v) is 6.90. The summed E-state index contributed by atoms with van der Waals surface area (Å²) in [5.41, 5.74) is 0. The third kappa shape index (κ3) is 1.86. The molecule has 0 aromatic rings. The fourth-order valence-electron chi connectivity index (χ4n) is 1.18. The minimum absolute atomic E-state index is 0.0191. The van der Waals surface area contributed by atoms with Crippen LogP contribution in [0.4, 0.5) is 0 Å². The van der Waals surface area contributed by atoms with Gasteiger partial charge in [-0.2, -0.15) is 0 Å². The lowest BCUT2D eigenvalue weighted by Gasteiger charge is -2.36. The molecule has 0 aliphatic rings. The van der Waals surface area contributed by atoms with Gasteiger partial charge in [0.15, 0.2) is 0 Å². The summed E-state index contributed by atoms with van der Waals surface area (Å²) in [6.07, 6.45) is 0. The van der Waals surface area contributed by atoms with E-state index in [1.165, 1.54) is 21.3 Å². The monoisotopic (exact) mass is 194 g/mol. The number of rotatable bonds is 5. The van der Waals surface area contributed by atoms with Gasteiger partial charge < -0.3 is 18.4 Å². The third-order valence-corrected chi connectivity index (χ3v) is 5.46. The van der Waals surface area contributed by atoms with Crippen LogP contribution in [0.2, 0.25) is 5.04 Å². The Balaban J connectivity index is 4.69. The molecular weight excluding hydrogens is 176 g/mol. The van der Waals surface area contributed by atoms with Crippen LogP contribution in [0.15, 0.2) is 0 Å². The molecule has 0 saturated carbocycles. The van der Waals surface area contributed by atoms with Crippen LogP contribution in [0.1, 0.15) is 13.8 Å². The SMILES string of the molecule is CO[Si](OC)(OC)C(C)(C)CO. The standard InChI is InChI=1S/C7H18O4Si/c1-7(2,6-8)12(9-3,10-4)11-5/h8H,6H2,1-5H3. The molecule has 0 aliphatic heterocycles. The summed E-state index contributed by atoms with van der Waals surface area (Å²) in [7, 11) is 1.92. The first-order valence-electron chi connectivity index (χ1n) is 3.76. The van der Waals surface area contributed by atoms with Crippen LogP contribution in [-0.2, 0) is 13.3 Å². The largest absolute Gasteiger partial charge is 0.508 e. The summed E-state index contributed by atoms with van der Waals surface area (Å²) < 4.78 is 15.7. The number of hydrogen-bond donors (Lipinski definition) is 1. The number of aliphatic hydroxyl groups excluding tert-OH is 1. The van der Waals surface area contributed by atoms with Gasteiger partial charge in [-0.15, -0.1) is 0 Å². The van der Waals surface area contributed by atoms with Crippen molar-refractivity contribution in [1.82, 2.24) is 0 Å². The van der Waals surface area contributed by atoms with Crippen LogP contribution >= 0.6 is 0 Å². The molecule has 0 spiro atoms. The van der Waals surface area contributed by atoms with Gasteiger partial charge in [0, 0.05) is 21.3 Å². The first kappa shape index (κ1) is 12.1. The Morgan fingerprint density at radius 2 is 1.42 bits per heavy atom. The van der Waals surface area contributed by atoms with Crippen molar-refractivity contribution in [3.8, 4) is 0 Å². The highest BCUT2D eigenvalue weighted by atomic mass is 28.4. The highest BCUT2D eigenvalue weighted by Crippen LogP contribution is 2.37. The molecule has 0 rings (SSSR count). The summed E-state index contributed by atoms with van der Waals surface area (Å²) in [5.74, 6) is 0. The maximum absolute atomic E-state index is 9.12. The van der Waals surface area contributed by atoms with E-state index in [-0.39, 0.29) is 6.61 Å². The van der Waals surface area contributed by atoms with E-state index in [4.69, 9.17) is 18.4 Å². The average Bonchev–Trinajstić information content (AvgIpc) is 2.08. The lowest BCUT2D eigenvalue weighted by molar-refractivity contribution is 0.0773. The van der Waals surface area contributed by atoms with Crippen molar-refractivity contribution >= 4 is 8.80 Å². The van der Waals surface area contributed by atoms with Crippen molar-refractivity contribution in [3.05, 3.63) is 0 Å². The Kier molecular flexibility index (Phi) is 4.36. The minimum Gasteiger partial charge on any atom is -0.396 e. The fourth-order valence-corrected chi connectivity index (χ4v) is 3.53. The molecular formula is C7H18O4Si.